The SMILES string of the molecule is CCOC(=O)Cc1cc(C#N)c(Br)c(C(F)(F)F)c1. The molecule has 0 atom stereocenters. The molecule has 1 aromatic rings. The van der Waals surface area contributed by atoms with Crippen molar-refractivity contribution in [3.8, 4) is 6.07 Å². The molecule has 0 heterocycles. The molecule has 3 nitrogen and oxygen atoms in total. The minimum Gasteiger partial charge on any atom is -0.466 e. The maximum atomic E-state index is 12.8. The molecule has 7 heteroatoms. The lowest BCUT2D eigenvalue weighted by Crippen LogP contribution is -2.11. The largest absolute Gasteiger partial charge is 0.466 e. The highest BCUT2D eigenvalue weighted by Gasteiger charge is 2.34. The van der Waals surface area contributed by atoms with Crippen LogP contribution in [0.25, 0.3) is 0 Å². The summed E-state index contributed by atoms with van der Waals surface area (Å²) in [4.78, 5) is 11.3. The van der Waals surface area contributed by atoms with E-state index in [-0.39, 0.29) is 28.6 Å². The Kier molecular flexibility index (Phi) is 4.95. The van der Waals surface area contributed by atoms with Crippen LogP contribution in [0.1, 0.15) is 23.6 Å². The van der Waals surface area contributed by atoms with Crippen LogP contribution in [0, 0.1) is 11.3 Å². The van der Waals surface area contributed by atoms with Gasteiger partial charge in [-0.25, -0.2) is 0 Å². The number of esters is 1. The number of nitrogens with zero attached hydrogens (tertiary/aromatic N) is 1. The van der Waals surface area contributed by atoms with Gasteiger partial charge in [0, 0.05) is 4.47 Å². The van der Waals surface area contributed by atoms with Gasteiger partial charge in [-0.2, -0.15) is 18.4 Å². The van der Waals surface area contributed by atoms with Crippen molar-refractivity contribution in [2.24, 2.45) is 0 Å². The van der Waals surface area contributed by atoms with Crippen LogP contribution in [0.2, 0.25) is 0 Å². The van der Waals surface area contributed by atoms with Gasteiger partial charge in [-0.3, -0.25) is 4.79 Å². The molecule has 0 unspecified atom stereocenters. The van der Waals surface area contributed by atoms with Crippen molar-refractivity contribution in [1.29, 1.82) is 5.26 Å². The Balaban J connectivity index is 3.22. The van der Waals surface area contributed by atoms with Gasteiger partial charge in [0.2, 0.25) is 0 Å². The smallest absolute Gasteiger partial charge is 0.417 e. The van der Waals surface area contributed by atoms with Crippen molar-refractivity contribution >= 4 is 21.9 Å². The van der Waals surface area contributed by atoms with Gasteiger partial charge in [0.25, 0.3) is 0 Å². The van der Waals surface area contributed by atoms with Gasteiger partial charge in [-0.1, -0.05) is 0 Å². The standard InChI is InChI=1S/C12H9BrF3NO2/c1-2-19-10(18)5-7-3-8(6-17)11(13)9(4-7)12(14,15)16/h3-4H,2,5H2,1H3. The summed E-state index contributed by atoms with van der Waals surface area (Å²) in [5, 5.41) is 8.81. The van der Waals surface area contributed by atoms with E-state index in [2.05, 4.69) is 20.7 Å². The molecule has 0 saturated carbocycles. The van der Waals surface area contributed by atoms with E-state index >= 15 is 0 Å². The van der Waals surface area contributed by atoms with Gasteiger partial charge < -0.3 is 4.74 Å². The summed E-state index contributed by atoms with van der Waals surface area (Å²) in [5.74, 6) is -0.637. The van der Waals surface area contributed by atoms with Crippen molar-refractivity contribution in [3.05, 3.63) is 33.3 Å². The lowest BCUT2D eigenvalue weighted by atomic mass is 10.0. The minimum absolute atomic E-state index is 0.0884. The fourth-order valence-corrected chi connectivity index (χ4v) is 2.00. The van der Waals surface area contributed by atoms with E-state index in [0.717, 1.165) is 6.07 Å². The highest BCUT2D eigenvalue weighted by atomic mass is 79.9. The van der Waals surface area contributed by atoms with Crippen LogP contribution in [0.15, 0.2) is 16.6 Å². The molecule has 0 saturated heterocycles. The third kappa shape index (κ3) is 3.96. The second kappa shape index (κ2) is 6.06. The normalized spacial score (nSPS) is 10.9. The van der Waals surface area contributed by atoms with Crippen molar-refractivity contribution in [3.63, 3.8) is 0 Å². The van der Waals surface area contributed by atoms with E-state index in [0.29, 0.717) is 0 Å². The van der Waals surface area contributed by atoms with Crippen LogP contribution in [0.3, 0.4) is 0 Å². The third-order valence-corrected chi connectivity index (χ3v) is 3.07. The summed E-state index contributed by atoms with van der Waals surface area (Å²) in [6.45, 7) is 1.74. The number of carbonyl (C=O) groups is 1. The molecule has 0 bridgehead atoms. The number of hydrogen-bond donors (Lipinski definition) is 0. The minimum atomic E-state index is -4.60. The number of nitriles is 1. The lowest BCUT2D eigenvalue weighted by Gasteiger charge is -2.12. The summed E-state index contributed by atoms with van der Waals surface area (Å²) in [7, 11) is 0. The van der Waals surface area contributed by atoms with Crippen molar-refractivity contribution < 1.29 is 22.7 Å². The zero-order valence-corrected chi connectivity index (χ0v) is 11.4. The Labute approximate surface area is 116 Å². The van der Waals surface area contributed by atoms with Crippen molar-refractivity contribution in [1.82, 2.24) is 0 Å². The average molecular weight is 336 g/mol. The highest BCUT2D eigenvalue weighted by molar-refractivity contribution is 9.10. The van der Waals surface area contributed by atoms with Crippen LogP contribution in [-0.2, 0) is 22.1 Å². The topological polar surface area (TPSA) is 50.1 Å². The summed E-state index contributed by atoms with van der Waals surface area (Å²) >= 11 is 2.75. The second-order valence-electron chi connectivity index (χ2n) is 3.60. The first-order valence-corrected chi connectivity index (χ1v) is 6.04. The van der Waals surface area contributed by atoms with E-state index in [1.807, 2.05) is 0 Å². The van der Waals surface area contributed by atoms with Crippen molar-refractivity contribution in [2.45, 2.75) is 19.5 Å². The Bertz CT molecular complexity index is 535. The molecule has 102 valence electrons. The highest BCUT2D eigenvalue weighted by Crippen LogP contribution is 2.37. The molecule has 1 rings (SSSR count). The maximum Gasteiger partial charge on any atom is 0.417 e. The maximum absolute atomic E-state index is 12.8. The van der Waals surface area contributed by atoms with E-state index in [9.17, 15) is 18.0 Å². The predicted octanol–water partition coefficient (Wildman–Crippen LogP) is 3.45. The van der Waals surface area contributed by atoms with Gasteiger partial charge in [0.1, 0.15) is 6.07 Å². The van der Waals surface area contributed by atoms with E-state index < -0.39 is 17.7 Å². The Hall–Kier alpha value is -1.55. The second-order valence-corrected chi connectivity index (χ2v) is 4.39. The van der Waals surface area contributed by atoms with E-state index in [1.54, 1.807) is 13.0 Å². The summed E-state index contributed by atoms with van der Waals surface area (Å²) in [6, 6.07) is 3.72. The van der Waals surface area contributed by atoms with Gasteiger partial charge in [0.15, 0.2) is 0 Å². The first-order chi connectivity index (χ1) is 8.79. The van der Waals surface area contributed by atoms with Crippen LogP contribution < -0.4 is 0 Å². The van der Waals surface area contributed by atoms with E-state index in [1.165, 1.54) is 6.07 Å². The molecule has 0 amide bonds. The number of alkyl halides is 3. The zero-order valence-electron chi connectivity index (χ0n) is 9.84. The molecular weight excluding hydrogens is 327 g/mol. The molecule has 0 aromatic heterocycles. The van der Waals surface area contributed by atoms with Crippen LogP contribution in [-0.4, -0.2) is 12.6 Å². The number of rotatable bonds is 3. The first-order valence-electron chi connectivity index (χ1n) is 5.25. The number of halogens is 4. The number of ether oxygens (including phenoxy) is 1. The predicted molar refractivity (Wildman–Crippen MR) is 64.2 cm³/mol. The summed E-state index contributed by atoms with van der Waals surface area (Å²) in [6.07, 6.45) is -4.91. The van der Waals surface area contributed by atoms with Gasteiger partial charge >= 0.3 is 12.1 Å². The van der Waals surface area contributed by atoms with Gasteiger partial charge in [-0.15, -0.1) is 0 Å². The fourth-order valence-electron chi connectivity index (χ4n) is 1.45. The zero-order chi connectivity index (χ0) is 14.6. The molecule has 0 aliphatic heterocycles. The lowest BCUT2D eigenvalue weighted by molar-refractivity contribution is -0.142. The molecule has 19 heavy (non-hydrogen) atoms. The van der Waals surface area contributed by atoms with E-state index in [4.69, 9.17) is 5.26 Å². The molecule has 0 radical (unpaired) electrons. The molecule has 0 aliphatic rings. The number of benzene rings is 1. The molecule has 0 spiro atoms. The van der Waals surface area contributed by atoms with Crippen LogP contribution in [0.4, 0.5) is 13.2 Å². The third-order valence-electron chi connectivity index (χ3n) is 2.21. The van der Waals surface area contributed by atoms with Crippen molar-refractivity contribution in [2.75, 3.05) is 6.61 Å². The first kappa shape index (κ1) is 15.5. The quantitative estimate of drug-likeness (QED) is 0.795. The monoisotopic (exact) mass is 335 g/mol. The van der Waals surface area contributed by atoms with Crippen LogP contribution >= 0.6 is 15.9 Å². The molecular formula is C12H9BrF3NO2. The van der Waals surface area contributed by atoms with Gasteiger partial charge in [0.05, 0.1) is 24.2 Å². The molecule has 0 aliphatic carbocycles. The number of hydrogen-bond acceptors (Lipinski definition) is 3. The Morgan fingerprint density at radius 2 is 2.11 bits per heavy atom. The molecule has 0 N–H and O–H groups in total. The average Bonchev–Trinajstić information content (AvgIpc) is 2.30. The van der Waals surface area contributed by atoms with Gasteiger partial charge in [-0.05, 0) is 40.5 Å². The Morgan fingerprint density at radius 1 is 1.47 bits per heavy atom. The Morgan fingerprint density at radius 3 is 2.58 bits per heavy atom. The fraction of sp³-hybridized carbons (Fsp3) is 0.333. The van der Waals surface area contributed by atoms with Crippen LogP contribution in [0.5, 0.6) is 0 Å². The number of carbonyl (C=O) groups excluding carboxylic acids is 1. The molecule has 1 aromatic carbocycles. The summed E-state index contributed by atoms with van der Waals surface area (Å²) < 4.78 is 42.7. The summed E-state index contributed by atoms with van der Waals surface area (Å²) in [5.41, 5.74) is -1.06. The molecule has 0 fully saturated rings.